The van der Waals surface area contributed by atoms with E-state index in [4.69, 9.17) is 10.5 Å². The first-order valence-corrected chi connectivity index (χ1v) is 6.41. The summed E-state index contributed by atoms with van der Waals surface area (Å²) < 4.78 is 32.3. The maximum atomic E-state index is 13.6. The second-order valence-electron chi connectivity index (χ2n) is 4.83. The lowest BCUT2D eigenvalue weighted by Gasteiger charge is -2.15. The molecule has 0 aliphatic carbocycles. The van der Waals surface area contributed by atoms with E-state index in [0.29, 0.717) is 5.75 Å². The summed E-state index contributed by atoms with van der Waals surface area (Å²) in [6.45, 7) is 3.74. The third-order valence-corrected chi connectivity index (χ3v) is 3.07. The van der Waals surface area contributed by atoms with E-state index in [1.54, 1.807) is 0 Å². The number of hydrogen-bond acceptors (Lipinski definition) is 2. The summed E-state index contributed by atoms with van der Waals surface area (Å²) in [5.41, 5.74) is 7.91. The van der Waals surface area contributed by atoms with Crippen molar-refractivity contribution in [3.63, 3.8) is 0 Å². The Hall–Kier alpha value is -1.94. The molecule has 0 bridgehead atoms. The molecule has 2 rings (SSSR count). The average molecular weight is 277 g/mol. The molecule has 2 aromatic carbocycles. The maximum absolute atomic E-state index is 13.6. The number of aryl methyl sites for hydroxylation is 1. The molecule has 0 spiro atoms. The normalized spacial score (nSPS) is 12.2. The van der Waals surface area contributed by atoms with E-state index in [-0.39, 0.29) is 18.2 Å². The van der Waals surface area contributed by atoms with Gasteiger partial charge in [0.15, 0.2) is 11.6 Å². The Morgan fingerprint density at radius 3 is 2.65 bits per heavy atom. The molecule has 20 heavy (non-hydrogen) atoms. The predicted octanol–water partition coefficient (Wildman–Crippen LogP) is 3.87. The first-order valence-electron chi connectivity index (χ1n) is 6.41. The monoisotopic (exact) mass is 277 g/mol. The van der Waals surface area contributed by atoms with Crippen LogP contribution in [0.1, 0.15) is 29.7 Å². The Morgan fingerprint density at radius 2 is 1.95 bits per heavy atom. The highest BCUT2D eigenvalue weighted by atomic mass is 19.2. The smallest absolute Gasteiger partial charge is 0.165 e. The number of benzene rings is 2. The number of ether oxygens (including phenoxy) is 1. The van der Waals surface area contributed by atoms with Crippen molar-refractivity contribution in [1.29, 1.82) is 0 Å². The highest BCUT2D eigenvalue weighted by molar-refractivity contribution is 5.39. The Morgan fingerprint density at radius 1 is 1.20 bits per heavy atom. The van der Waals surface area contributed by atoms with Crippen molar-refractivity contribution in [2.45, 2.75) is 26.5 Å². The van der Waals surface area contributed by atoms with Crippen LogP contribution >= 0.6 is 0 Å². The quantitative estimate of drug-likeness (QED) is 0.920. The van der Waals surface area contributed by atoms with Gasteiger partial charge in [0, 0.05) is 17.2 Å². The van der Waals surface area contributed by atoms with Crippen molar-refractivity contribution < 1.29 is 13.5 Å². The molecule has 0 radical (unpaired) electrons. The van der Waals surface area contributed by atoms with Crippen LogP contribution in [-0.2, 0) is 6.61 Å². The zero-order valence-corrected chi connectivity index (χ0v) is 11.5. The van der Waals surface area contributed by atoms with Crippen molar-refractivity contribution >= 4 is 0 Å². The Balaban J connectivity index is 2.22. The number of halogens is 2. The van der Waals surface area contributed by atoms with Crippen LogP contribution in [0.4, 0.5) is 8.78 Å². The van der Waals surface area contributed by atoms with E-state index >= 15 is 0 Å². The summed E-state index contributed by atoms with van der Waals surface area (Å²) in [5.74, 6) is -1.14. The molecule has 0 aliphatic heterocycles. The molecule has 0 fully saturated rings. The lowest BCUT2D eigenvalue weighted by molar-refractivity contribution is 0.292. The third kappa shape index (κ3) is 3.14. The van der Waals surface area contributed by atoms with Gasteiger partial charge in [0.25, 0.3) is 0 Å². The van der Waals surface area contributed by atoms with Crippen LogP contribution in [-0.4, -0.2) is 0 Å². The molecule has 0 aliphatic rings. The zero-order valence-electron chi connectivity index (χ0n) is 11.5. The van der Waals surface area contributed by atoms with Crippen LogP contribution in [0.25, 0.3) is 0 Å². The molecule has 2 aromatic rings. The molecular weight excluding hydrogens is 260 g/mol. The molecule has 0 aromatic heterocycles. The second kappa shape index (κ2) is 6.01. The number of hydrogen-bond donors (Lipinski definition) is 1. The van der Waals surface area contributed by atoms with Crippen molar-refractivity contribution in [3.8, 4) is 5.75 Å². The lowest BCUT2D eigenvalue weighted by Crippen LogP contribution is -2.09. The van der Waals surface area contributed by atoms with Gasteiger partial charge in [-0.3, -0.25) is 0 Å². The van der Waals surface area contributed by atoms with Gasteiger partial charge in [-0.1, -0.05) is 24.3 Å². The van der Waals surface area contributed by atoms with Crippen LogP contribution in [0.2, 0.25) is 0 Å². The fourth-order valence-electron chi connectivity index (χ4n) is 1.96. The van der Waals surface area contributed by atoms with Gasteiger partial charge in [0.1, 0.15) is 12.4 Å². The van der Waals surface area contributed by atoms with Crippen LogP contribution in [0.3, 0.4) is 0 Å². The molecule has 0 saturated carbocycles. The van der Waals surface area contributed by atoms with E-state index in [9.17, 15) is 8.78 Å². The summed E-state index contributed by atoms with van der Waals surface area (Å²) in [5, 5.41) is 0. The van der Waals surface area contributed by atoms with Crippen molar-refractivity contribution in [3.05, 3.63) is 64.7 Å². The fourth-order valence-corrected chi connectivity index (χ4v) is 1.96. The summed E-state index contributed by atoms with van der Waals surface area (Å²) in [4.78, 5) is 0. The van der Waals surface area contributed by atoms with Gasteiger partial charge < -0.3 is 10.5 Å². The van der Waals surface area contributed by atoms with E-state index in [0.717, 1.165) is 17.2 Å². The van der Waals surface area contributed by atoms with Gasteiger partial charge >= 0.3 is 0 Å². The minimum Gasteiger partial charge on any atom is -0.488 e. The summed E-state index contributed by atoms with van der Waals surface area (Å²) in [7, 11) is 0. The topological polar surface area (TPSA) is 35.2 Å². The standard InChI is InChI=1S/C16H17F2NO/c1-10-6-7-13(11(2)19)15(8-10)20-9-12-4-3-5-14(17)16(12)18/h3-8,11H,9,19H2,1-2H3/t11-/m0/s1. The minimum absolute atomic E-state index is 0.0350. The molecule has 0 unspecified atom stereocenters. The molecule has 0 saturated heterocycles. The first kappa shape index (κ1) is 14.5. The Bertz CT molecular complexity index is 611. The van der Waals surface area contributed by atoms with E-state index in [1.165, 1.54) is 12.1 Å². The number of nitrogens with two attached hydrogens (primary N) is 1. The van der Waals surface area contributed by atoms with Gasteiger partial charge in [0.2, 0.25) is 0 Å². The second-order valence-corrected chi connectivity index (χ2v) is 4.83. The minimum atomic E-state index is -0.873. The summed E-state index contributed by atoms with van der Waals surface area (Å²) >= 11 is 0. The molecule has 0 heterocycles. The molecule has 2 N–H and O–H groups in total. The fraction of sp³-hybridized carbons (Fsp3) is 0.250. The molecular formula is C16H17F2NO. The van der Waals surface area contributed by atoms with Gasteiger partial charge in [-0.25, -0.2) is 8.78 Å². The summed E-state index contributed by atoms with van der Waals surface area (Å²) in [6.07, 6.45) is 0. The van der Waals surface area contributed by atoms with Crippen LogP contribution < -0.4 is 10.5 Å². The zero-order chi connectivity index (χ0) is 14.7. The summed E-state index contributed by atoms with van der Waals surface area (Å²) in [6, 6.07) is 9.52. The maximum Gasteiger partial charge on any atom is 0.165 e. The largest absolute Gasteiger partial charge is 0.488 e. The molecule has 0 amide bonds. The van der Waals surface area contributed by atoms with Crippen molar-refractivity contribution in [2.75, 3.05) is 0 Å². The average Bonchev–Trinajstić information content (AvgIpc) is 2.40. The lowest BCUT2D eigenvalue weighted by atomic mass is 10.1. The molecule has 4 heteroatoms. The predicted molar refractivity (Wildman–Crippen MR) is 74.5 cm³/mol. The molecule has 2 nitrogen and oxygen atoms in total. The highest BCUT2D eigenvalue weighted by Crippen LogP contribution is 2.26. The first-order chi connectivity index (χ1) is 9.49. The van der Waals surface area contributed by atoms with Crippen LogP contribution in [0.5, 0.6) is 5.75 Å². The van der Waals surface area contributed by atoms with Crippen LogP contribution in [0, 0.1) is 18.6 Å². The van der Waals surface area contributed by atoms with Gasteiger partial charge in [-0.15, -0.1) is 0 Å². The molecule has 106 valence electrons. The van der Waals surface area contributed by atoms with Gasteiger partial charge in [-0.2, -0.15) is 0 Å². The Labute approximate surface area is 117 Å². The van der Waals surface area contributed by atoms with Gasteiger partial charge in [0.05, 0.1) is 0 Å². The van der Waals surface area contributed by atoms with Crippen molar-refractivity contribution in [1.82, 2.24) is 0 Å². The van der Waals surface area contributed by atoms with E-state index in [2.05, 4.69) is 0 Å². The Kier molecular flexibility index (Phi) is 4.35. The molecule has 1 atom stereocenters. The SMILES string of the molecule is Cc1ccc([C@H](C)N)c(OCc2cccc(F)c2F)c1. The van der Waals surface area contributed by atoms with E-state index < -0.39 is 11.6 Å². The van der Waals surface area contributed by atoms with Gasteiger partial charge in [-0.05, 0) is 31.5 Å². The third-order valence-electron chi connectivity index (χ3n) is 3.07. The number of rotatable bonds is 4. The van der Waals surface area contributed by atoms with Crippen molar-refractivity contribution in [2.24, 2.45) is 5.73 Å². The van der Waals surface area contributed by atoms with E-state index in [1.807, 2.05) is 32.0 Å². The van der Waals surface area contributed by atoms with Crippen LogP contribution in [0.15, 0.2) is 36.4 Å². The highest BCUT2D eigenvalue weighted by Gasteiger charge is 2.11.